The number of hydrogen-bond donors (Lipinski definition) is 1. The molecule has 0 spiro atoms. The third kappa shape index (κ3) is 7.08. The van der Waals surface area contributed by atoms with Crippen LogP contribution in [0.2, 0.25) is 0 Å². The highest BCUT2D eigenvalue weighted by Crippen LogP contribution is 2.29. The van der Waals surface area contributed by atoms with Crippen molar-refractivity contribution in [1.82, 2.24) is 4.90 Å². The third-order valence-corrected chi connectivity index (χ3v) is 4.71. The summed E-state index contributed by atoms with van der Waals surface area (Å²) in [6.45, 7) is 2.56. The van der Waals surface area contributed by atoms with Gasteiger partial charge in [-0.05, 0) is 37.0 Å². The van der Waals surface area contributed by atoms with E-state index < -0.39 is 11.7 Å². The van der Waals surface area contributed by atoms with E-state index in [-0.39, 0.29) is 24.0 Å². The van der Waals surface area contributed by atoms with Gasteiger partial charge in [-0.15, -0.1) is 24.0 Å². The van der Waals surface area contributed by atoms with Gasteiger partial charge >= 0.3 is 6.18 Å². The predicted octanol–water partition coefficient (Wildman–Crippen LogP) is 4.01. The lowest BCUT2D eigenvalue weighted by Gasteiger charge is -2.27. The average Bonchev–Trinajstić information content (AvgIpc) is 2.55. The van der Waals surface area contributed by atoms with E-state index in [1.54, 1.807) is 12.1 Å². The number of aliphatic imine (C=N–C) groups is 1. The topological polar surface area (TPSA) is 41.6 Å². The number of guanidine groups is 1. The van der Waals surface area contributed by atoms with Crippen LogP contribution in [-0.2, 0) is 12.6 Å². The first-order valence-corrected chi connectivity index (χ1v) is 8.91. The van der Waals surface area contributed by atoms with Crippen molar-refractivity contribution in [2.24, 2.45) is 10.7 Å². The lowest BCUT2D eigenvalue weighted by Crippen LogP contribution is -2.42. The fourth-order valence-corrected chi connectivity index (χ4v) is 3.29. The molecule has 24 heavy (non-hydrogen) atoms. The summed E-state index contributed by atoms with van der Waals surface area (Å²) in [6.07, 6.45) is -1.74. The highest BCUT2D eigenvalue weighted by Gasteiger charge is 2.29. The highest BCUT2D eigenvalue weighted by atomic mass is 127. The Morgan fingerprint density at radius 1 is 1.12 bits per heavy atom. The Morgan fingerprint density at radius 3 is 2.33 bits per heavy atom. The van der Waals surface area contributed by atoms with Gasteiger partial charge in [-0.1, -0.05) is 12.1 Å². The van der Waals surface area contributed by atoms with Gasteiger partial charge in [-0.25, -0.2) is 0 Å². The molecule has 1 aliphatic rings. The molecule has 2 N–H and O–H groups in total. The number of rotatable bonds is 5. The molecule has 1 heterocycles. The predicted molar refractivity (Wildman–Crippen MR) is 105 cm³/mol. The lowest BCUT2D eigenvalue weighted by molar-refractivity contribution is -0.137. The molecule has 0 aliphatic carbocycles. The number of thioether (sulfide) groups is 1. The van der Waals surface area contributed by atoms with Crippen molar-refractivity contribution in [2.75, 3.05) is 31.1 Å². The monoisotopic (exact) mass is 473 g/mol. The Balaban J connectivity index is 0.00000288. The fourth-order valence-electron chi connectivity index (χ4n) is 2.39. The minimum atomic E-state index is -4.27. The van der Waals surface area contributed by atoms with Crippen molar-refractivity contribution in [3.8, 4) is 0 Å². The summed E-state index contributed by atoms with van der Waals surface area (Å²) in [5.74, 6) is 2.79. The molecule has 1 aliphatic heterocycles. The minimum absolute atomic E-state index is 0. The molecule has 0 atom stereocenters. The van der Waals surface area contributed by atoms with Crippen LogP contribution in [0.25, 0.3) is 0 Å². The molecular formula is C16H23F3IN3S. The number of halogens is 4. The zero-order valence-electron chi connectivity index (χ0n) is 13.4. The van der Waals surface area contributed by atoms with Crippen molar-refractivity contribution in [3.63, 3.8) is 0 Å². The van der Waals surface area contributed by atoms with Gasteiger partial charge in [-0.2, -0.15) is 24.9 Å². The molecule has 0 saturated carbocycles. The molecule has 136 valence electrons. The Labute approximate surface area is 162 Å². The molecule has 2 rings (SSSR count). The van der Waals surface area contributed by atoms with Gasteiger partial charge in [0.05, 0.1) is 5.56 Å². The number of hydrogen-bond acceptors (Lipinski definition) is 2. The summed E-state index contributed by atoms with van der Waals surface area (Å²) in [4.78, 5) is 6.49. The van der Waals surface area contributed by atoms with E-state index in [9.17, 15) is 13.2 Å². The van der Waals surface area contributed by atoms with E-state index >= 15 is 0 Å². The molecule has 1 fully saturated rings. The van der Waals surface area contributed by atoms with Crippen LogP contribution in [0.3, 0.4) is 0 Å². The third-order valence-electron chi connectivity index (χ3n) is 3.76. The van der Waals surface area contributed by atoms with Gasteiger partial charge < -0.3 is 10.6 Å². The van der Waals surface area contributed by atoms with Crippen LogP contribution in [0.4, 0.5) is 13.2 Å². The summed E-state index contributed by atoms with van der Waals surface area (Å²) in [5, 5.41) is 0. The van der Waals surface area contributed by atoms with Gasteiger partial charge in [-0.3, -0.25) is 4.99 Å². The molecule has 1 aromatic rings. The maximum absolute atomic E-state index is 12.5. The van der Waals surface area contributed by atoms with E-state index in [1.165, 1.54) is 0 Å². The summed E-state index contributed by atoms with van der Waals surface area (Å²) >= 11 is 1.93. The maximum atomic E-state index is 12.5. The largest absolute Gasteiger partial charge is 0.416 e. The van der Waals surface area contributed by atoms with Crippen LogP contribution in [0, 0.1) is 0 Å². The fraction of sp³-hybridized carbons (Fsp3) is 0.562. The summed E-state index contributed by atoms with van der Waals surface area (Å²) < 4.78 is 37.4. The average molecular weight is 473 g/mol. The second-order valence-electron chi connectivity index (χ2n) is 5.49. The molecule has 8 heteroatoms. The number of aryl methyl sites for hydroxylation is 1. The summed E-state index contributed by atoms with van der Waals surface area (Å²) in [5.41, 5.74) is 6.28. The van der Waals surface area contributed by atoms with E-state index in [2.05, 4.69) is 9.89 Å². The van der Waals surface area contributed by atoms with Crippen LogP contribution >= 0.6 is 35.7 Å². The Bertz CT molecular complexity index is 514. The van der Waals surface area contributed by atoms with E-state index in [1.807, 2.05) is 11.8 Å². The van der Waals surface area contributed by atoms with Gasteiger partial charge in [0.15, 0.2) is 5.96 Å². The number of benzene rings is 1. The molecule has 0 radical (unpaired) electrons. The smallest absolute Gasteiger partial charge is 0.370 e. The molecule has 0 unspecified atom stereocenters. The van der Waals surface area contributed by atoms with E-state index in [4.69, 9.17) is 5.73 Å². The SMILES string of the molecule is I.NC(=NCCCCc1ccc(C(F)(F)F)cc1)N1CCSCC1. The number of unbranched alkanes of at least 4 members (excludes halogenated alkanes) is 1. The highest BCUT2D eigenvalue weighted by molar-refractivity contribution is 14.0. The Morgan fingerprint density at radius 2 is 1.75 bits per heavy atom. The van der Waals surface area contributed by atoms with Crippen molar-refractivity contribution in [2.45, 2.75) is 25.4 Å². The normalized spacial score (nSPS) is 16.0. The molecule has 0 aromatic heterocycles. The number of nitrogens with zero attached hydrogens (tertiary/aromatic N) is 2. The van der Waals surface area contributed by atoms with Crippen LogP contribution in [0.5, 0.6) is 0 Å². The molecule has 0 amide bonds. The van der Waals surface area contributed by atoms with Crippen LogP contribution < -0.4 is 5.73 Å². The van der Waals surface area contributed by atoms with Crippen LogP contribution in [0.1, 0.15) is 24.0 Å². The first-order chi connectivity index (χ1) is 11.0. The number of nitrogens with two attached hydrogens (primary N) is 1. The van der Waals surface area contributed by atoms with Crippen molar-refractivity contribution < 1.29 is 13.2 Å². The van der Waals surface area contributed by atoms with Crippen molar-refractivity contribution in [1.29, 1.82) is 0 Å². The molecule has 3 nitrogen and oxygen atoms in total. The zero-order chi connectivity index (χ0) is 16.7. The molecule has 1 saturated heterocycles. The summed E-state index contributed by atoms with van der Waals surface area (Å²) in [6, 6.07) is 5.37. The zero-order valence-corrected chi connectivity index (χ0v) is 16.5. The van der Waals surface area contributed by atoms with Gasteiger partial charge in [0.2, 0.25) is 0 Å². The minimum Gasteiger partial charge on any atom is -0.370 e. The first-order valence-electron chi connectivity index (χ1n) is 7.75. The summed E-state index contributed by atoms with van der Waals surface area (Å²) in [7, 11) is 0. The first kappa shape index (κ1) is 21.4. The van der Waals surface area contributed by atoms with Crippen molar-refractivity contribution in [3.05, 3.63) is 35.4 Å². The van der Waals surface area contributed by atoms with Crippen LogP contribution in [-0.4, -0.2) is 42.0 Å². The molecule has 0 bridgehead atoms. The van der Waals surface area contributed by atoms with Crippen molar-refractivity contribution >= 4 is 41.7 Å². The number of alkyl halides is 3. The van der Waals surface area contributed by atoms with E-state index in [0.717, 1.165) is 61.6 Å². The quantitative estimate of drug-likeness (QED) is 0.304. The Kier molecular flexibility index (Phi) is 9.25. The Hall–Kier alpha value is -0.640. The van der Waals surface area contributed by atoms with E-state index in [0.29, 0.717) is 12.5 Å². The second kappa shape index (κ2) is 10.4. The maximum Gasteiger partial charge on any atom is 0.416 e. The van der Waals surface area contributed by atoms with Crippen LogP contribution in [0.15, 0.2) is 29.3 Å². The van der Waals surface area contributed by atoms with Gasteiger partial charge in [0.1, 0.15) is 0 Å². The molecule has 1 aromatic carbocycles. The molecular weight excluding hydrogens is 450 g/mol. The standard InChI is InChI=1S/C16H22F3N3S.HI/c17-16(18,19)14-6-4-13(5-7-14)3-1-2-8-21-15(20)22-9-11-23-12-10-22;/h4-7H,1-3,8-12H2,(H2,20,21);1H. The van der Waals surface area contributed by atoms with Gasteiger partial charge in [0, 0.05) is 31.1 Å². The second-order valence-corrected chi connectivity index (χ2v) is 6.72. The lowest BCUT2D eigenvalue weighted by atomic mass is 10.1. The van der Waals surface area contributed by atoms with Gasteiger partial charge in [0.25, 0.3) is 0 Å².